The van der Waals surface area contributed by atoms with E-state index in [4.69, 9.17) is 0 Å². The molecular formula is C28H29FN6O2. The number of para-hydroxylation sites is 1. The molecule has 190 valence electrons. The molecule has 5 rings (SSSR count). The molecule has 0 aliphatic carbocycles. The summed E-state index contributed by atoms with van der Waals surface area (Å²) in [5, 5.41) is 8.89. The standard InChI is InChI=1S/C28H29FN6O2/c29-26-24(18-30-33-26)20-9-7-10-21(17-20)27(37)32-28-31-22(19-35(28)23-12-3-1-4-13-23)11-8-14-25(36)34-15-5-2-6-16-34/h1,3-4,7,9-10,12-13,17-19H,2,5-6,8,11,14-16H2,(H,30,33)(H,31,32,37). The SMILES string of the molecule is O=C(Nc1nc(CCCC(=O)N2CCCCC2)cn1-c1ccccc1)c1cccc(-c2cn[nH]c2F)c1. The molecule has 2 aromatic heterocycles. The number of benzene rings is 2. The molecule has 2 N–H and O–H groups in total. The maximum Gasteiger partial charge on any atom is 0.258 e. The summed E-state index contributed by atoms with van der Waals surface area (Å²) in [5.41, 5.74) is 2.86. The zero-order valence-electron chi connectivity index (χ0n) is 20.5. The second-order valence-corrected chi connectivity index (χ2v) is 9.19. The molecule has 37 heavy (non-hydrogen) atoms. The lowest BCUT2D eigenvalue weighted by Gasteiger charge is -2.26. The Hall–Kier alpha value is -4.27. The van der Waals surface area contributed by atoms with Crippen molar-refractivity contribution in [1.29, 1.82) is 0 Å². The summed E-state index contributed by atoms with van der Waals surface area (Å²) in [6.07, 6.45) is 8.43. The van der Waals surface area contributed by atoms with Gasteiger partial charge in [0, 0.05) is 37.0 Å². The number of hydrogen-bond acceptors (Lipinski definition) is 4. The number of anilines is 1. The van der Waals surface area contributed by atoms with E-state index in [1.807, 2.05) is 46.0 Å². The smallest absolute Gasteiger partial charge is 0.258 e. The Morgan fingerprint density at radius 1 is 1.03 bits per heavy atom. The predicted octanol–water partition coefficient (Wildman–Crippen LogP) is 4.99. The normalized spacial score (nSPS) is 13.5. The maximum atomic E-state index is 14.0. The number of aromatic amines is 1. The number of halogens is 1. The van der Waals surface area contributed by atoms with Gasteiger partial charge < -0.3 is 4.90 Å². The van der Waals surface area contributed by atoms with E-state index in [2.05, 4.69) is 20.5 Å². The third-order valence-corrected chi connectivity index (χ3v) is 6.58. The fourth-order valence-corrected chi connectivity index (χ4v) is 4.62. The molecule has 0 spiro atoms. The number of likely N-dealkylation sites (tertiary alicyclic amines) is 1. The van der Waals surface area contributed by atoms with Crippen LogP contribution in [-0.4, -0.2) is 49.6 Å². The van der Waals surface area contributed by atoms with Crippen molar-refractivity contribution in [2.45, 2.75) is 38.5 Å². The van der Waals surface area contributed by atoms with Gasteiger partial charge in [-0.05, 0) is 61.9 Å². The van der Waals surface area contributed by atoms with Gasteiger partial charge in [-0.15, -0.1) is 0 Å². The summed E-state index contributed by atoms with van der Waals surface area (Å²) in [4.78, 5) is 32.3. The number of piperidine rings is 1. The number of aromatic nitrogens is 4. The van der Waals surface area contributed by atoms with Crippen molar-refractivity contribution in [1.82, 2.24) is 24.6 Å². The summed E-state index contributed by atoms with van der Waals surface area (Å²) in [5.74, 6) is -0.334. The maximum absolute atomic E-state index is 14.0. The molecule has 2 amide bonds. The average molecular weight is 501 g/mol. The first-order valence-corrected chi connectivity index (χ1v) is 12.6. The van der Waals surface area contributed by atoms with Gasteiger partial charge in [0.05, 0.1) is 17.5 Å². The number of hydrogen-bond donors (Lipinski definition) is 2. The monoisotopic (exact) mass is 500 g/mol. The number of nitrogens with one attached hydrogen (secondary N) is 2. The molecule has 1 saturated heterocycles. The van der Waals surface area contributed by atoms with Gasteiger partial charge in [-0.3, -0.25) is 24.6 Å². The Labute approximate surface area is 214 Å². The highest BCUT2D eigenvalue weighted by Crippen LogP contribution is 2.23. The van der Waals surface area contributed by atoms with E-state index < -0.39 is 5.95 Å². The minimum Gasteiger partial charge on any atom is -0.343 e. The van der Waals surface area contributed by atoms with Gasteiger partial charge in [0.1, 0.15) is 0 Å². The van der Waals surface area contributed by atoms with Crippen molar-refractivity contribution >= 4 is 17.8 Å². The molecular weight excluding hydrogens is 471 g/mol. The number of aryl methyl sites for hydroxylation is 1. The van der Waals surface area contributed by atoms with Crippen molar-refractivity contribution in [3.8, 4) is 16.8 Å². The molecule has 0 atom stereocenters. The van der Waals surface area contributed by atoms with Gasteiger partial charge in [-0.2, -0.15) is 9.49 Å². The third kappa shape index (κ3) is 5.77. The van der Waals surface area contributed by atoms with Crippen LogP contribution < -0.4 is 5.32 Å². The summed E-state index contributed by atoms with van der Waals surface area (Å²) >= 11 is 0. The van der Waals surface area contributed by atoms with Crippen LogP contribution in [0.4, 0.5) is 10.3 Å². The second-order valence-electron chi connectivity index (χ2n) is 9.19. The van der Waals surface area contributed by atoms with Crippen molar-refractivity contribution in [2.24, 2.45) is 0 Å². The van der Waals surface area contributed by atoms with Gasteiger partial charge in [0.2, 0.25) is 17.8 Å². The van der Waals surface area contributed by atoms with Crippen LogP contribution in [0.2, 0.25) is 0 Å². The van der Waals surface area contributed by atoms with E-state index in [0.29, 0.717) is 41.9 Å². The van der Waals surface area contributed by atoms with Gasteiger partial charge >= 0.3 is 0 Å². The van der Waals surface area contributed by atoms with Crippen LogP contribution >= 0.6 is 0 Å². The molecule has 4 aromatic rings. The van der Waals surface area contributed by atoms with Crippen molar-refractivity contribution < 1.29 is 14.0 Å². The molecule has 0 unspecified atom stereocenters. The lowest BCUT2D eigenvalue weighted by atomic mass is 10.1. The summed E-state index contributed by atoms with van der Waals surface area (Å²) in [6, 6.07) is 16.3. The van der Waals surface area contributed by atoms with Crippen molar-refractivity contribution in [3.05, 3.63) is 84.2 Å². The lowest BCUT2D eigenvalue weighted by molar-refractivity contribution is -0.132. The van der Waals surface area contributed by atoms with Crippen LogP contribution in [0.15, 0.2) is 67.0 Å². The van der Waals surface area contributed by atoms with E-state index in [9.17, 15) is 14.0 Å². The fourth-order valence-electron chi connectivity index (χ4n) is 4.62. The number of carbonyl (C=O) groups excluding carboxylic acids is 2. The number of nitrogens with zero attached hydrogens (tertiary/aromatic N) is 4. The largest absolute Gasteiger partial charge is 0.343 e. The predicted molar refractivity (Wildman–Crippen MR) is 139 cm³/mol. The third-order valence-electron chi connectivity index (χ3n) is 6.58. The number of rotatable bonds is 8. The molecule has 8 nitrogen and oxygen atoms in total. The number of amides is 2. The average Bonchev–Trinajstić information content (AvgIpc) is 3.55. The first kappa shape index (κ1) is 24.4. The number of imidazole rings is 1. The quantitative estimate of drug-likeness (QED) is 0.356. The highest BCUT2D eigenvalue weighted by molar-refractivity contribution is 6.04. The zero-order valence-corrected chi connectivity index (χ0v) is 20.5. The van der Waals surface area contributed by atoms with E-state index in [1.165, 1.54) is 12.6 Å². The van der Waals surface area contributed by atoms with Gasteiger partial charge in [-0.25, -0.2) is 4.98 Å². The molecule has 2 aromatic carbocycles. The van der Waals surface area contributed by atoms with Crippen LogP contribution in [0.25, 0.3) is 16.8 Å². The van der Waals surface area contributed by atoms with Gasteiger partial charge in [0.15, 0.2) is 0 Å². The lowest BCUT2D eigenvalue weighted by Crippen LogP contribution is -2.35. The summed E-state index contributed by atoms with van der Waals surface area (Å²) in [7, 11) is 0. The molecule has 0 saturated carbocycles. The minimum absolute atomic E-state index is 0.199. The topological polar surface area (TPSA) is 95.9 Å². The second kappa shape index (κ2) is 11.2. The van der Waals surface area contributed by atoms with Gasteiger partial charge in [0.25, 0.3) is 5.91 Å². The van der Waals surface area contributed by atoms with Gasteiger partial charge in [-0.1, -0.05) is 30.3 Å². The number of carbonyl (C=O) groups is 2. The Bertz CT molecular complexity index is 1370. The van der Waals surface area contributed by atoms with E-state index in [1.54, 1.807) is 24.3 Å². The molecule has 1 aliphatic rings. The summed E-state index contributed by atoms with van der Waals surface area (Å²) < 4.78 is 15.8. The van der Waals surface area contributed by atoms with Crippen LogP contribution in [-0.2, 0) is 11.2 Å². The van der Waals surface area contributed by atoms with Crippen LogP contribution in [0.1, 0.15) is 48.2 Å². The van der Waals surface area contributed by atoms with Crippen LogP contribution in [0.5, 0.6) is 0 Å². The molecule has 0 radical (unpaired) electrons. The van der Waals surface area contributed by atoms with Crippen molar-refractivity contribution in [2.75, 3.05) is 18.4 Å². The highest BCUT2D eigenvalue weighted by atomic mass is 19.1. The molecule has 1 aliphatic heterocycles. The van der Waals surface area contributed by atoms with E-state index in [0.717, 1.165) is 37.3 Å². The Balaban J connectivity index is 1.32. The van der Waals surface area contributed by atoms with Crippen LogP contribution in [0.3, 0.4) is 0 Å². The molecule has 1 fully saturated rings. The minimum atomic E-state index is -0.555. The number of H-pyrrole nitrogens is 1. The highest BCUT2D eigenvalue weighted by Gasteiger charge is 2.18. The Morgan fingerprint density at radius 3 is 2.59 bits per heavy atom. The Kier molecular flexibility index (Phi) is 7.39. The van der Waals surface area contributed by atoms with Crippen LogP contribution in [0, 0.1) is 5.95 Å². The summed E-state index contributed by atoms with van der Waals surface area (Å²) in [6.45, 7) is 1.71. The first-order valence-electron chi connectivity index (χ1n) is 12.6. The first-order chi connectivity index (χ1) is 18.1. The zero-order chi connectivity index (χ0) is 25.6. The molecule has 3 heterocycles. The molecule has 0 bridgehead atoms. The van der Waals surface area contributed by atoms with E-state index >= 15 is 0 Å². The molecule has 9 heteroatoms. The van der Waals surface area contributed by atoms with E-state index in [-0.39, 0.29) is 11.8 Å². The van der Waals surface area contributed by atoms with Crippen molar-refractivity contribution in [3.63, 3.8) is 0 Å². The fraction of sp³-hybridized carbons (Fsp3) is 0.286. The Morgan fingerprint density at radius 2 is 1.84 bits per heavy atom.